The maximum atomic E-state index is 12.3. The molecule has 4 rings (SSSR count). The number of aryl methyl sites for hydroxylation is 3. The van der Waals surface area contributed by atoms with Crippen LogP contribution in [-0.2, 0) is 11.3 Å². The van der Waals surface area contributed by atoms with Crippen molar-refractivity contribution in [3.05, 3.63) is 94.9 Å². The van der Waals surface area contributed by atoms with Gasteiger partial charge in [0.1, 0.15) is 11.4 Å². The zero-order chi connectivity index (χ0) is 21.8. The molecular weight excluding hydrogens is 392 g/mol. The summed E-state index contributed by atoms with van der Waals surface area (Å²) in [6.07, 6.45) is 1.42. The summed E-state index contributed by atoms with van der Waals surface area (Å²) >= 11 is 0. The van der Waals surface area contributed by atoms with Crippen molar-refractivity contribution in [2.75, 3.05) is 0 Å². The molecule has 0 atom stereocenters. The number of ether oxygens (including phenoxy) is 2. The molecule has 0 spiro atoms. The van der Waals surface area contributed by atoms with Crippen LogP contribution in [0.25, 0.3) is 11.3 Å². The van der Waals surface area contributed by atoms with Crippen LogP contribution in [0.5, 0.6) is 11.6 Å². The van der Waals surface area contributed by atoms with Gasteiger partial charge in [-0.3, -0.25) is 0 Å². The van der Waals surface area contributed by atoms with Crippen molar-refractivity contribution in [3.8, 4) is 22.9 Å². The van der Waals surface area contributed by atoms with Crippen LogP contribution in [-0.4, -0.2) is 16.1 Å². The number of pyridine rings is 1. The number of benzene rings is 2. The second-order valence-corrected chi connectivity index (χ2v) is 7.33. The Labute approximate surface area is 180 Å². The first-order chi connectivity index (χ1) is 15.0. The lowest BCUT2D eigenvalue weighted by molar-refractivity contribution is 0.0437. The molecule has 4 aromatic rings. The molecule has 6 heteroatoms. The first-order valence-corrected chi connectivity index (χ1v) is 9.89. The van der Waals surface area contributed by atoms with E-state index in [1.807, 2.05) is 44.2 Å². The van der Waals surface area contributed by atoms with Gasteiger partial charge in [0.2, 0.25) is 5.88 Å². The normalized spacial score (nSPS) is 10.7. The Bertz CT molecular complexity index is 1170. The van der Waals surface area contributed by atoms with Gasteiger partial charge in [0.25, 0.3) is 0 Å². The Hall–Kier alpha value is -3.93. The lowest BCUT2D eigenvalue weighted by atomic mass is 9.97. The second-order valence-electron chi connectivity index (χ2n) is 7.33. The average Bonchev–Trinajstić information content (AvgIpc) is 3.21. The Balaban J connectivity index is 1.38. The molecule has 6 nitrogen and oxygen atoms in total. The van der Waals surface area contributed by atoms with Crippen molar-refractivity contribution >= 4 is 5.97 Å². The number of aromatic nitrogens is 2. The van der Waals surface area contributed by atoms with Gasteiger partial charge >= 0.3 is 5.97 Å². The van der Waals surface area contributed by atoms with Crippen LogP contribution in [0.3, 0.4) is 0 Å². The third kappa shape index (κ3) is 4.80. The number of carbonyl (C=O) groups is 1. The molecule has 0 aliphatic carbocycles. The van der Waals surface area contributed by atoms with Crippen molar-refractivity contribution in [2.24, 2.45) is 0 Å². The molecule has 2 aromatic carbocycles. The molecule has 2 heterocycles. The predicted octanol–water partition coefficient (Wildman–Crippen LogP) is 5.81. The van der Waals surface area contributed by atoms with Gasteiger partial charge in [0.05, 0.1) is 5.56 Å². The number of para-hydroxylation sites is 1. The lowest BCUT2D eigenvalue weighted by Crippen LogP contribution is -2.05. The van der Waals surface area contributed by atoms with E-state index in [-0.39, 0.29) is 6.61 Å². The highest BCUT2D eigenvalue weighted by molar-refractivity contribution is 5.89. The molecule has 0 radical (unpaired) electrons. The largest absolute Gasteiger partial charge is 0.454 e. The smallest absolute Gasteiger partial charge is 0.340 e. The molecule has 0 saturated carbocycles. The molecule has 2 aromatic heterocycles. The minimum atomic E-state index is -0.501. The highest BCUT2D eigenvalue weighted by Crippen LogP contribution is 2.28. The standard InChI is InChI=1S/C25H22N2O4/c1-16-11-17(2)24(18(3)12-16)22-13-21(31-27-22)15-29-25(28)19-9-10-23(26-14-19)30-20-7-5-4-6-8-20/h4-14H,15H2,1-3H3. The lowest BCUT2D eigenvalue weighted by Gasteiger charge is -2.07. The van der Waals surface area contributed by atoms with Crippen molar-refractivity contribution in [2.45, 2.75) is 27.4 Å². The Morgan fingerprint density at radius 3 is 2.39 bits per heavy atom. The van der Waals surface area contributed by atoms with Crippen LogP contribution >= 0.6 is 0 Å². The highest BCUT2D eigenvalue weighted by atomic mass is 16.5. The molecule has 156 valence electrons. The maximum Gasteiger partial charge on any atom is 0.340 e. The van der Waals surface area contributed by atoms with Crippen molar-refractivity contribution in [1.82, 2.24) is 10.1 Å². The topological polar surface area (TPSA) is 74.5 Å². The van der Waals surface area contributed by atoms with Crippen LogP contribution in [0.15, 0.2) is 71.4 Å². The van der Waals surface area contributed by atoms with Gasteiger partial charge in [0.15, 0.2) is 12.4 Å². The van der Waals surface area contributed by atoms with Gasteiger partial charge in [-0.25, -0.2) is 9.78 Å². The zero-order valence-corrected chi connectivity index (χ0v) is 17.6. The van der Waals surface area contributed by atoms with E-state index >= 15 is 0 Å². The summed E-state index contributed by atoms with van der Waals surface area (Å²) in [6.45, 7) is 6.13. The highest BCUT2D eigenvalue weighted by Gasteiger charge is 2.14. The van der Waals surface area contributed by atoms with Gasteiger partial charge < -0.3 is 14.0 Å². The van der Waals surface area contributed by atoms with Gasteiger partial charge in [0, 0.05) is 23.9 Å². The van der Waals surface area contributed by atoms with Crippen LogP contribution in [0.4, 0.5) is 0 Å². The van der Waals surface area contributed by atoms with E-state index in [1.165, 1.54) is 11.8 Å². The summed E-state index contributed by atoms with van der Waals surface area (Å²) in [5.41, 5.74) is 5.53. The minimum Gasteiger partial charge on any atom is -0.454 e. The summed E-state index contributed by atoms with van der Waals surface area (Å²) in [5, 5.41) is 4.14. The fourth-order valence-corrected chi connectivity index (χ4v) is 3.47. The van der Waals surface area contributed by atoms with E-state index in [2.05, 4.69) is 29.2 Å². The van der Waals surface area contributed by atoms with Crippen molar-refractivity contribution in [3.63, 3.8) is 0 Å². The first-order valence-electron chi connectivity index (χ1n) is 9.89. The van der Waals surface area contributed by atoms with E-state index in [9.17, 15) is 4.79 Å². The fraction of sp³-hybridized carbons (Fsp3) is 0.160. The van der Waals surface area contributed by atoms with Crippen molar-refractivity contribution < 1.29 is 18.8 Å². The molecule has 0 saturated heterocycles. The summed E-state index contributed by atoms with van der Waals surface area (Å²) in [6, 6.07) is 18.5. The number of hydrogen-bond acceptors (Lipinski definition) is 6. The molecule has 0 fully saturated rings. The molecule has 0 aliphatic heterocycles. The number of rotatable bonds is 6. The number of nitrogens with zero attached hydrogens (tertiary/aromatic N) is 2. The van der Waals surface area contributed by atoms with Gasteiger partial charge in [-0.15, -0.1) is 0 Å². The summed E-state index contributed by atoms with van der Waals surface area (Å²) in [7, 11) is 0. The Morgan fingerprint density at radius 1 is 0.968 bits per heavy atom. The van der Waals surface area contributed by atoms with Gasteiger partial charge in [-0.05, 0) is 50.1 Å². The number of esters is 1. The molecule has 0 unspecified atom stereocenters. The maximum absolute atomic E-state index is 12.3. The minimum absolute atomic E-state index is 0.0158. The van der Waals surface area contributed by atoms with Crippen molar-refractivity contribution in [1.29, 1.82) is 0 Å². The van der Waals surface area contributed by atoms with Crippen LogP contribution < -0.4 is 4.74 Å². The Kier molecular flexibility index (Phi) is 5.80. The monoisotopic (exact) mass is 414 g/mol. The van der Waals surface area contributed by atoms with E-state index < -0.39 is 5.97 Å². The molecule has 0 N–H and O–H groups in total. The SMILES string of the molecule is Cc1cc(C)c(-c2cc(COC(=O)c3ccc(Oc4ccccc4)nc3)on2)c(C)c1. The van der Waals surface area contributed by atoms with Gasteiger partial charge in [-0.1, -0.05) is 41.1 Å². The molecule has 0 bridgehead atoms. The van der Waals surface area contributed by atoms with Gasteiger partial charge in [-0.2, -0.15) is 0 Å². The molecule has 0 aliphatic rings. The summed E-state index contributed by atoms with van der Waals surface area (Å²) < 4.78 is 16.3. The van der Waals surface area contributed by atoms with E-state index in [1.54, 1.807) is 18.2 Å². The average molecular weight is 414 g/mol. The van der Waals surface area contributed by atoms with Crippen LogP contribution in [0, 0.1) is 20.8 Å². The molecular formula is C25H22N2O4. The number of hydrogen-bond donors (Lipinski definition) is 0. The molecule has 0 amide bonds. The quantitative estimate of drug-likeness (QED) is 0.371. The van der Waals surface area contributed by atoms with E-state index in [4.69, 9.17) is 14.0 Å². The van der Waals surface area contributed by atoms with E-state index in [0.29, 0.717) is 23.0 Å². The number of carbonyl (C=O) groups excluding carboxylic acids is 1. The Morgan fingerprint density at radius 2 is 1.71 bits per heavy atom. The third-order valence-electron chi connectivity index (χ3n) is 4.78. The third-order valence-corrected chi connectivity index (χ3v) is 4.78. The fourth-order valence-electron chi connectivity index (χ4n) is 3.47. The predicted molar refractivity (Wildman–Crippen MR) is 116 cm³/mol. The van der Waals surface area contributed by atoms with E-state index in [0.717, 1.165) is 22.4 Å². The zero-order valence-electron chi connectivity index (χ0n) is 17.6. The molecule has 31 heavy (non-hydrogen) atoms. The summed E-state index contributed by atoms with van der Waals surface area (Å²) in [5.74, 6) is 1.04. The summed E-state index contributed by atoms with van der Waals surface area (Å²) in [4.78, 5) is 16.5. The van der Waals surface area contributed by atoms with Crippen LogP contribution in [0.2, 0.25) is 0 Å². The second kappa shape index (κ2) is 8.83. The van der Waals surface area contributed by atoms with Crippen LogP contribution in [0.1, 0.15) is 32.8 Å². The first kappa shape index (κ1) is 20.3.